The first-order chi connectivity index (χ1) is 11.7. The van der Waals surface area contributed by atoms with E-state index in [0.29, 0.717) is 30.4 Å². The number of carbonyl (C=O) groups excluding carboxylic acids is 1. The van der Waals surface area contributed by atoms with Gasteiger partial charge in [-0.05, 0) is 31.2 Å². The van der Waals surface area contributed by atoms with Crippen molar-refractivity contribution in [3.05, 3.63) is 60.1 Å². The van der Waals surface area contributed by atoms with Crippen molar-refractivity contribution in [1.82, 2.24) is 15.1 Å². The van der Waals surface area contributed by atoms with Crippen LogP contribution in [0.4, 0.5) is 5.69 Å². The molecule has 1 atom stereocenters. The molecule has 1 amide bonds. The molecule has 1 fully saturated rings. The lowest BCUT2D eigenvalue weighted by molar-refractivity contribution is -0.117. The van der Waals surface area contributed by atoms with Gasteiger partial charge in [-0.15, -0.1) is 0 Å². The zero-order valence-corrected chi connectivity index (χ0v) is 13.2. The summed E-state index contributed by atoms with van der Waals surface area (Å²) in [5.41, 5.74) is 2.73. The van der Waals surface area contributed by atoms with Crippen LogP contribution in [-0.2, 0) is 4.79 Å². The summed E-state index contributed by atoms with van der Waals surface area (Å²) in [5, 5.41) is 3.99. The minimum atomic E-state index is -0.0937. The van der Waals surface area contributed by atoms with Gasteiger partial charge in [-0.1, -0.05) is 28.9 Å². The van der Waals surface area contributed by atoms with Gasteiger partial charge in [0.05, 0.1) is 5.92 Å². The van der Waals surface area contributed by atoms with Crippen LogP contribution in [0.2, 0.25) is 0 Å². The maximum Gasteiger partial charge on any atom is 0.232 e. The van der Waals surface area contributed by atoms with E-state index in [4.69, 9.17) is 4.52 Å². The van der Waals surface area contributed by atoms with Crippen LogP contribution in [0.5, 0.6) is 0 Å². The van der Waals surface area contributed by atoms with Crippen molar-refractivity contribution in [3.63, 3.8) is 0 Å². The van der Waals surface area contributed by atoms with E-state index in [1.165, 1.54) is 5.56 Å². The Bertz CT molecular complexity index is 858. The first-order valence-corrected chi connectivity index (χ1v) is 7.83. The third kappa shape index (κ3) is 2.67. The first-order valence-electron chi connectivity index (χ1n) is 7.83. The highest BCUT2D eigenvalue weighted by Crippen LogP contribution is 2.31. The Morgan fingerprint density at radius 1 is 1.17 bits per heavy atom. The number of nitrogens with zero attached hydrogens (tertiary/aromatic N) is 4. The van der Waals surface area contributed by atoms with Gasteiger partial charge in [-0.3, -0.25) is 9.78 Å². The fourth-order valence-corrected chi connectivity index (χ4v) is 2.85. The SMILES string of the molecule is Cc1ccc(N2C[C@H](c3nc(-c4ccccn4)no3)CC2=O)cc1. The van der Waals surface area contributed by atoms with E-state index in [1.54, 1.807) is 11.1 Å². The molecule has 6 nitrogen and oxygen atoms in total. The number of hydrogen-bond acceptors (Lipinski definition) is 5. The summed E-state index contributed by atoms with van der Waals surface area (Å²) in [4.78, 5) is 22.7. The summed E-state index contributed by atoms with van der Waals surface area (Å²) in [6, 6.07) is 13.5. The molecular weight excluding hydrogens is 304 g/mol. The van der Waals surface area contributed by atoms with Crippen LogP contribution >= 0.6 is 0 Å². The molecule has 0 radical (unpaired) electrons. The Labute approximate surface area is 139 Å². The average molecular weight is 320 g/mol. The summed E-state index contributed by atoms with van der Waals surface area (Å²) in [6.07, 6.45) is 2.06. The highest BCUT2D eigenvalue weighted by molar-refractivity contribution is 5.96. The molecule has 0 N–H and O–H groups in total. The lowest BCUT2D eigenvalue weighted by Crippen LogP contribution is -2.24. The predicted molar refractivity (Wildman–Crippen MR) is 88.4 cm³/mol. The van der Waals surface area contributed by atoms with Gasteiger partial charge in [-0.2, -0.15) is 4.98 Å². The van der Waals surface area contributed by atoms with Crippen LogP contribution in [-0.4, -0.2) is 27.6 Å². The standard InChI is InChI=1S/C18H16N4O2/c1-12-5-7-14(8-6-12)22-11-13(10-16(22)23)18-20-17(21-24-18)15-4-2-3-9-19-15/h2-9,13H,10-11H2,1H3/t13-/m1/s1. The monoisotopic (exact) mass is 320 g/mol. The smallest absolute Gasteiger partial charge is 0.232 e. The molecule has 120 valence electrons. The van der Waals surface area contributed by atoms with Crippen molar-refractivity contribution < 1.29 is 9.32 Å². The third-order valence-electron chi connectivity index (χ3n) is 4.16. The van der Waals surface area contributed by atoms with Gasteiger partial charge in [0, 0.05) is 24.8 Å². The van der Waals surface area contributed by atoms with Gasteiger partial charge in [0.15, 0.2) is 0 Å². The van der Waals surface area contributed by atoms with Crippen molar-refractivity contribution >= 4 is 11.6 Å². The molecule has 2 aromatic heterocycles. The van der Waals surface area contributed by atoms with Crippen molar-refractivity contribution in [2.45, 2.75) is 19.3 Å². The molecule has 6 heteroatoms. The fraction of sp³-hybridized carbons (Fsp3) is 0.222. The molecule has 0 saturated carbocycles. The topological polar surface area (TPSA) is 72.1 Å². The number of pyridine rings is 1. The van der Waals surface area contributed by atoms with Crippen molar-refractivity contribution in [1.29, 1.82) is 0 Å². The van der Waals surface area contributed by atoms with Crippen molar-refractivity contribution in [2.24, 2.45) is 0 Å². The van der Waals surface area contributed by atoms with Crippen LogP contribution in [0, 0.1) is 6.92 Å². The number of anilines is 1. The Balaban J connectivity index is 1.55. The van der Waals surface area contributed by atoms with E-state index in [1.807, 2.05) is 49.4 Å². The van der Waals surface area contributed by atoms with E-state index >= 15 is 0 Å². The first kappa shape index (κ1) is 14.6. The molecule has 1 aromatic carbocycles. The molecule has 0 bridgehead atoms. The van der Waals surface area contributed by atoms with Crippen molar-refractivity contribution in [2.75, 3.05) is 11.4 Å². The number of rotatable bonds is 3. The van der Waals surface area contributed by atoms with E-state index in [0.717, 1.165) is 5.69 Å². The van der Waals surface area contributed by atoms with E-state index in [2.05, 4.69) is 15.1 Å². The van der Waals surface area contributed by atoms with Crippen LogP contribution < -0.4 is 4.90 Å². The maximum atomic E-state index is 12.3. The summed E-state index contributed by atoms with van der Waals surface area (Å²) in [7, 11) is 0. The van der Waals surface area contributed by atoms with Crippen LogP contribution in [0.25, 0.3) is 11.5 Å². The molecule has 0 spiro atoms. The minimum Gasteiger partial charge on any atom is -0.339 e. The van der Waals surface area contributed by atoms with Crippen LogP contribution in [0.3, 0.4) is 0 Å². The molecule has 3 heterocycles. The van der Waals surface area contributed by atoms with Gasteiger partial charge in [0.1, 0.15) is 5.69 Å². The molecule has 24 heavy (non-hydrogen) atoms. The van der Waals surface area contributed by atoms with E-state index < -0.39 is 0 Å². The van der Waals surface area contributed by atoms with Gasteiger partial charge in [0.2, 0.25) is 17.6 Å². The van der Waals surface area contributed by atoms with E-state index in [-0.39, 0.29) is 11.8 Å². The quantitative estimate of drug-likeness (QED) is 0.742. The van der Waals surface area contributed by atoms with Gasteiger partial charge in [-0.25, -0.2) is 0 Å². The number of benzene rings is 1. The Morgan fingerprint density at radius 2 is 2.00 bits per heavy atom. The molecule has 4 rings (SSSR count). The number of aromatic nitrogens is 3. The maximum absolute atomic E-state index is 12.3. The molecule has 1 saturated heterocycles. The molecule has 0 unspecified atom stereocenters. The summed E-state index contributed by atoms with van der Waals surface area (Å²) in [5.74, 6) is 0.913. The lowest BCUT2D eigenvalue weighted by Gasteiger charge is -2.16. The fourth-order valence-electron chi connectivity index (χ4n) is 2.85. The minimum absolute atomic E-state index is 0.0708. The predicted octanol–water partition coefficient (Wildman–Crippen LogP) is 2.96. The zero-order valence-electron chi connectivity index (χ0n) is 13.2. The summed E-state index contributed by atoms with van der Waals surface area (Å²) < 4.78 is 5.37. The van der Waals surface area contributed by atoms with Gasteiger partial charge >= 0.3 is 0 Å². The molecule has 1 aliphatic heterocycles. The van der Waals surface area contributed by atoms with Crippen molar-refractivity contribution in [3.8, 4) is 11.5 Å². The molecular formula is C18H16N4O2. The molecule has 1 aliphatic rings. The van der Waals surface area contributed by atoms with Crippen LogP contribution in [0.1, 0.15) is 23.8 Å². The Hall–Kier alpha value is -3.02. The second-order valence-corrected chi connectivity index (χ2v) is 5.91. The highest BCUT2D eigenvalue weighted by atomic mass is 16.5. The largest absolute Gasteiger partial charge is 0.339 e. The lowest BCUT2D eigenvalue weighted by atomic mass is 10.1. The average Bonchev–Trinajstić information content (AvgIpc) is 3.23. The highest BCUT2D eigenvalue weighted by Gasteiger charge is 2.35. The number of carbonyl (C=O) groups is 1. The summed E-state index contributed by atoms with van der Waals surface area (Å²) >= 11 is 0. The second-order valence-electron chi connectivity index (χ2n) is 5.91. The molecule has 3 aromatic rings. The number of aryl methyl sites for hydroxylation is 1. The number of amides is 1. The summed E-state index contributed by atoms with van der Waals surface area (Å²) in [6.45, 7) is 2.57. The third-order valence-corrected chi connectivity index (χ3v) is 4.16. The second kappa shape index (κ2) is 5.88. The zero-order chi connectivity index (χ0) is 16.5. The molecule has 0 aliphatic carbocycles. The number of hydrogen-bond donors (Lipinski definition) is 0. The van der Waals surface area contributed by atoms with Gasteiger partial charge < -0.3 is 9.42 Å². The van der Waals surface area contributed by atoms with Gasteiger partial charge in [0.25, 0.3) is 0 Å². The Morgan fingerprint density at radius 3 is 2.75 bits per heavy atom. The normalized spacial score (nSPS) is 17.5. The van der Waals surface area contributed by atoms with Crippen LogP contribution in [0.15, 0.2) is 53.2 Å². The Kier molecular flexibility index (Phi) is 3.57. The van der Waals surface area contributed by atoms with E-state index in [9.17, 15) is 4.79 Å².